The minimum atomic E-state index is -0.528. The van der Waals surface area contributed by atoms with E-state index < -0.39 is 6.04 Å². The Kier molecular flexibility index (Phi) is 7.74. The number of aliphatic imine (C=N–C) groups is 2. The van der Waals surface area contributed by atoms with Gasteiger partial charge in [0, 0.05) is 18.5 Å². The molecule has 38 heavy (non-hydrogen) atoms. The number of benzene rings is 3. The van der Waals surface area contributed by atoms with Crippen molar-refractivity contribution in [1.82, 2.24) is 10.2 Å². The number of ether oxygens (including phenoxy) is 2. The molecule has 5 rings (SSSR count). The van der Waals surface area contributed by atoms with Crippen molar-refractivity contribution in [2.75, 3.05) is 26.5 Å². The largest absolute Gasteiger partial charge is 0.493 e. The Morgan fingerprint density at radius 3 is 2.53 bits per heavy atom. The summed E-state index contributed by atoms with van der Waals surface area (Å²) in [5.74, 6) is 1.78. The summed E-state index contributed by atoms with van der Waals surface area (Å²) in [6.45, 7) is 0.471. The second kappa shape index (κ2) is 11.5. The molecule has 194 valence electrons. The maximum Gasteiger partial charge on any atom is 0.259 e. The maximum atomic E-state index is 13.4. The smallest absolute Gasteiger partial charge is 0.259 e. The third kappa shape index (κ3) is 5.43. The molecule has 0 aliphatic carbocycles. The number of rotatable bonds is 9. The van der Waals surface area contributed by atoms with Crippen molar-refractivity contribution in [2.24, 2.45) is 9.98 Å². The van der Waals surface area contributed by atoms with E-state index >= 15 is 0 Å². The summed E-state index contributed by atoms with van der Waals surface area (Å²) in [6.07, 6.45) is 1.16. The van der Waals surface area contributed by atoms with Gasteiger partial charge in [0.15, 0.2) is 16.7 Å². The van der Waals surface area contributed by atoms with E-state index in [1.54, 1.807) is 19.1 Å². The molecule has 3 aromatic carbocycles. The van der Waals surface area contributed by atoms with Crippen LogP contribution in [0.25, 0.3) is 0 Å². The van der Waals surface area contributed by atoms with Gasteiger partial charge in [0.2, 0.25) is 5.91 Å². The number of amides is 2. The summed E-state index contributed by atoms with van der Waals surface area (Å²) in [4.78, 5) is 37.2. The highest BCUT2D eigenvalue weighted by Crippen LogP contribution is 2.34. The van der Waals surface area contributed by atoms with Crippen LogP contribution in [0.2, 0.25) is 0 Å². The summed E-state index contributed by atoms with van der Waals surface area (Å²) in [6, 6.07) is 22.7. The molecule has 2 amide bonds. The van der Waals surface area contributed by atoms with Crippen LogP contribution in [-0.2, 0) is 22.4 Å². The van der Waals surface area contributed by atoms with Crippen LogP contribution in [0.15, 0.2) is 82.8 Å². The summed E-state index contributed by atoms with van der Waals surface area (Å²) in [5, 5.41) is 3.42. The molecule has 8 nitrogen and oxygen atoms in total. The van der Waals surface area contributed by atoms with Crippen LogP contribution < -0.4 is 14.8 Å². The van der Waals surface area contributed by atoms with E-state index in [2.05, 4.69) is 5.32 Å². The van der Waals surface area contributed by atoms with Crippen LogP contribution in [0.3, 0.4) is 0 Å². The van der Waals surface area contributed by atoms with Gasteiger partial charge in [0.05, 0.1) is 25.7 Å². The molecule has 2 aliphatic heterocycles. The highest BCUT2D eigenvalue weighted by molar-refractivity contribution is 8.14. The highest BCUT2D eigenvalue weighted by atomic mass is 32.2. The third-order valence-electron chi connectivity index (χ3n) is 6.34. The van der Waals surface area contributed by atoms with E-state index in [0.29, 0.717) is 41.9 Å². The van der Waals surface area contributed by atoms with Gasteiger partial charge in [-0.3, -0.25) is 14.6 Å². The van der Waals surface area contributed by atoms with E-state index in [1.165, 1.54) is 11.8 Å². The first-order valence-corrected chi connectivity index (χ1v) is 13.3. The van der Waals surface area contributed by atoms with Crippen LogP contribution >= 0.6 is 11.8 Å². The first-order valence-electron chi connectivity index (χ1n) is 12.3. The molecule has 0 aromatic heterocycles. The van der Waals surface area contributed by atoms with E-state index in [0.717, 1.165) is 22.4 Å². The summed E-state index contributed by atoms with van der Waals surface area (Å²) < 4.78 is 10.6. The maximum absolute atomic E-state index is 13.4. The fraction of sp³-hybridized carbons (Fsp3) is 0.241. The molecule has 0 saturated heterocycles. The molecular formula is C29H28N4O4S. The van der Waals surface area contributed by atoms with Crippen LogP contribution in [0.1, 0.15) is 16.7 Å². The number of para-hydroxylation sites is 1. The van der Waals surface area contributed by atoms with Crippen LogP contribution in [0, 0.1) is 0 Å². The lowest BCUT2D eigenvalue weighted by Crippen LogP contribution is -2.42. The SMILES string of the molecule is COc1ccc(CCNC(=O)CSC2=Nc3ccccc3C3=N[C@@H](Cc4ccccc4)C(=O)N23)cc1OC. The second-order valence-corrected chi connectivity index (χ2v) is 9.76. The molecular weight excluding hydrogens is 500 g/mol. The first kappa shape index (κ1) is 25.5. The average molecular weight is 529 g/mol. The average Bonchev–Trinajstić information content (AvgIpc) is 3.28. The lowest BCUT2D eigenvalue weighted by atomic mass is 10.1. The zero-order valence-corrected chi connectivity index (χ0v) is 22.0. The molecule has 2 heterocycles. The topological polar surface area (TPSA) is 92.6 Å². The Bertz CT molecular complexity index is 1410. The number of hydrogen-bond acceptors (Lipinski definition) is 7. The predicted octanol–water partition coefficient (Wildman–Crippen LogP) is 4.00. The van der Waals surface area contributed by atoms with E-state index in [9.17, 15) is 9.59 Å². The zero-order chi connectivity index (χ0) is 26.5. The molecule has 0 spiro atoms. The monoisotopic (exact) mass is 528 g/mol. The van der Waals surface area contributed by atoms with Gasteiger partial charge in [-0.05, 0) is 41.8 Å². The Labute approximate surface area is 225 Å². The van der Waals surface area contributed by atoms with Crippen LogP contribution in [0.4, 0.5) is 5.69 Å². The molecule has 1 N–H and O–H groups in total. The predicted molar refractivity (Wildman–Crippen MR) is 150 cm³/mol. The van der Waals surface area contributed by atoms with Crippen LogP contribution in [-0.4, -0.2) is 60.3 Å². The van der Waals surface area contributed by atoms with Gasteiger partial charge in [-0.25, -0.2) is 9.89 Å². The Hall–Kier alpha value is -4.11. The molecule has 2 aliphatic rings. The number of fused-ring (bicyclic) bond motifs is 3. The molecule has 0 bridgehead atoms. The highest BCUT2D eigenvalue weighted by Gasteiger charge is 2.41. The van der Waals surface area contributed by atoms with Crippen molar-refractivity contribution in [1.29, 1.82) is 0 Å². The number of hydrogen-bond donors (Lipinski definition) is 1. The molecule has 0 fully saturated rings. The minimum absolute atomic E-state index is 0.126. The lowest BCUT2D eigenvalue weighted by molar-refractivity contribution is -0.124. The lowest BCUT2D eigenvalue weighted by Gasteiger charge is -2.25. The molecule has 1 atom stereocenters. The van der Waals surface area contributed by atoms with E-state index in [1.807, 2.05) is 72.8 Å². The standard InChI is InChI=1S/C29H28N4O4S/c1-36-24-13-12-20(17-25(24)37-2)14-15-30-26(34)18-38-29-32-22-11-7-6-10-21(22)27-31-23(28(35)33(27)29)16-19-8-4-3-5-9-19/h3-13,17,23H,14-16,18H2,1-2H3,(H,30,34)/t23-/m0/s1. The van der Waals surface area contributed by atoms with Crippen LogP contribution in [0.5, 0.6) is 11.5 Å². The summed E-state index contributed by atoms with van der Waals surface area (Å²) in [7, 11) is 3.19. The first-order chi connectivity index (χ1) is 18.6. The molecule has 3 aromatic rings. The van der Waals surface area contributed by atoms with E-state index in [4.69, 9.17) is 19.5 Å². The number of nitrogens with zero attached hydrogens (tertiary/aromatic N) is 3. The number of thioether (sulfide) groups is 1. The minimum Gasteiger partial charge on any atom is -0.493 e. The number of nitrogens with one attached hydrogen (secondary N) is 1. The van der Waals surface area contributed by atoms with Gasteiger partial charge in [-0.1, -0.05) is 60.3 Å². The number of carbonyl (C=O) groups is 2. The van der Waals surface area contributed by atoms with Gasteiger partial charge >= 0.3 is 0 Å². The number of methoxy groups -OCH3 is 2. The molecule has 0 radical (unpaired) electrons. The normalized spacial score (nSPS) is 15.8. The van der Waals surface area contributed by atoms with Gasteiger partial charge < -0.3 is 14.8 Å². The summed E-state index contributed by atoms with van der Waals surface area (Å²) in [5.41, 5.74) is 3.63. The summed E-state index contributed by atoms with van der Waals surface area (Å²) >= 11 is 1.24. The Balaban J connectivity index is 1.23. The number of carbonyl (C=O) groups excluding carboxylic acids is 2. The zero-order valence-electron chi connectivity index (χ0n) is 21.2. The van der Waals surface area contributed by atoms with Gasteiger partial charge in [-0.2, -0.15) is 0 Å². The van der Waals surface area contributed by atoms with Gasteiger partial charge in [0.1, 0.15) is 11.9 Å². The van der Waals surface area contributed by atoms with E-state index in [-0.39, 0.29) is 17.6 Å². The Morgan fingerprint density at radius 2 is 1.74 bits per heavy atom. The third-order valence-corrected chi connectivity index (χ3v) is 7.27. The van der Waals surface area contributed by atoms with Gasteiger partial charge in [-0.15, -0.1) is 0 Å². The number of amidine groups is 2. The van der Waals surface area contributed by atoms with Crippen molar-refractivity contribution in [3.05, 3.63) is 89.5 Å². The quantitative estimate of drug-likeness (QED) is 0.453. The molecule has 9 heteroatoms. The second-order valence-electron chi connectivity index (χ2n) is 8.82. The molecule has 0 saturated carbocycles. The van der Waals surface area contributed by atoms with Crippen molar-refractivity contribution in [3.8, 4) is 11.5 Å². The Morgan fingerprint density at radius 1 is 0.974 bits per heavy atom. The van der Waals surface area contributed by atoms with Crippen molar-refractivity contribution in [2.45, 2.75) is 18.9 Å². The fourth-order valence-electron chi connectivity index (χ4n) is 4.43. The van der Waals surface area contributed by atoms with Crippen molar-refractivity contribution < 1.29 is 19.1 Å². The van der Waals surface area contributed by atoms with Crippen molar-refractivity contribution in [3.63, 3.8) is 0 Å². The van der Waals surface area contributed by atoms with Gasteiger partial charge in [0.25, 0.3) is 5.91 Å². The molecule has 0 unspecified atom stereocenters. The fourth-order valence-corrected chi connectivity index (χ4v) is 5.26. The van der Waals surface area contributed by atoms with Crippen molar-refractivity contribution >= 4 is 40.3 Å².